The summed E-state index contributed by atoms with van der Waals surface area (Å²) in [7, 11) is 0. The lowest BCUT2D eigenvalue weighted by molar-refractivity contribution is -0.148. The van der Waals surface area contributed by atoms with Crippen LogP contribution in [0.5, 0.6) is 5.75 Å². The molecule has 2 amide bonds. The average Bonchev–Trinajstić information content (AvgIpc) is 2.39. The molecule has 1 heterocycles. The number of hydrogen-bond donors (Lipinski definition) is 1. The Balaban J connectivity index is 1.76. The minimum absolute atomic E-state index is 0.0736. The second-order valence-electron chi connectivity index (χ2n) is 4.53. The van der Waals surface area contributed by atoms with Crippen molar-refractivity contribution in [2.75, 3.05) is 18.9 Å². The molecular weight excluding hydrogens is 244 g/mol. The van der Waals surface area contributed by atoms with Crippen molar-refractivity contribution in [3.05, 3.63) is 24.3 Å². The monoisotopic (exact) mass is 262 g/mol. The van der Waals surface area contributed by atoms with Crippen LogP contribution in [0.2, 0.25) is 0 Å². The summed E-state index contributed by atoms with van der Waals surface area (Å²) in [5.41, 5.74) is 6.34. The summed E-state index contributed by atoms with van der Waals surface area (Å²) in [6, 6.07) is 7.26. The molecule has 0 spiro atoms. The van der Waals surface area contributed by atoms with Crippen molar-refractivity contribution in [2.24, 2.45) is 0 Å². The number of likely N-dealkylation sites (tertiary alicyclic amines) is 1. The van der Waals surface area contributed by atoms with Gasteiger partial charge in [0.05, 0.1) is 12.3 Å². The normalized spacial score (nSPS) is 15.7. The number of amides is 2. The van der Waals surface area contributed by atoms with Crippen molar-refractivity contribution < 1.29 is 14.3 Å². The van der Waals surface area contributed by atoms with Crippen molar-refractivity contribution >= 4 is 17.5 Å². The summed E-state index contributed by atoms with van der Waals surface area (Å²) in [4.78, 5) is 24.5. The van der Waals surface area contributed by atoms with Crippen LogP contribution in [0, 0.1) is 0 Å². The van der Waals surface area contributed by atoms with Crippen LogP contribution < -0.4 is 10.5 Å². The number of carbonyl (C=O) groups excluding carboxylic acids is 2. The highest BCUT2D eigenvalue weighted by molar-refractivity contribution is 5.97. The van der Waals surface area contributed by atoms with Crippen molar-refractivity contribution in [1.29, 1.82) is 0 Å². The van der Waals surface area contributed by atoms with Gasteiger partial charge in [-0.2, -0.15) is 0 Å². The van der Waals surface area contributed by atoms with E-state index in [4.69, 9.17) is 10.5 Å². The maximum Gasteiger partial charge on any atom is 0.229 e. The van der Waals surface area contributed by atoms with Gasteiger partial charge in [-0.25, -0.2) is 0 Å². The maximum atomic E-state index is 11.6. The van der Waals surface area contributed by atoms with Crippen LogP contribution in [0.25, 0.3) is 0 Å². The van der Waals surface area contributed by atoms with Crippen molar-refractivity contribution in [2.45, 2.75) is 25.7 Å². The van der Waals surface area contributed by atoms with Gasteiger partial charge in [0.1, 0.15) is 5.75 Å². The van der Waals surface area contributed by atoms with E-state index in [0.29, 0.717) is 50.3 Å². The SMILES string of the molecule is Nc1ccccc1OCCCN1C(=O)CCCC1=O. The van der Waals surface area contributed by atoms with E-state index in [-0.39, 0.29) is 11.8 Å². The number of nitrogens with two attached hydrogens (primary N) is 1. The topological polar surface area (TPSA) is 72.6 Å². The van der Waals surface area contributed by atoms with Crippen LogP contribution in [0.15, 0.2) is 24.3 Å². The number of ether oxygens (including phenoxy) is 1. The highest BCUT2D eigenvalue weighted by atomic mass is 16.5. The second-order valence-corrected chi connectivity index (χ2v) is 4.53. The zero-order chi connectivity index (χ0) is 13.7. The number of rotatable bonds is 5. The van der Waals surface area contributed by atoms with Gasteiger partial charge in [0.2, 0.25) is 11.8 Å². The lowest BCUT2D eigenvalue weighted by Crippen LogP contribution is -2.41. The molecule has 1 fully saturated rings. The molecule has 1 aromatic carbocycles. The van der Waals surface area contributed by atoms with Crippen LogP contribution in [0.3, 0.4) is 0 Å². The molecule has 102 valence electrons. The van der Waals surface area contributed by atoms with Crippen LogP contribution in [-0.4, -0.2) is 29.9 Å². The standard InChI is InChI=1S/C14H18N2O3/c15-11-5-1-2-6-12(11)19-10-4-9-16-13(17)7-3-8-14(16)18/h1-2,5-6H,3-4,7-10,15H2. The number of hydrogen-bond acceptors (Lipinski definition) is 4. The van der Waals surface area contributed by atoms with Gasteiger partial charge in [-0.05, 0) is 25.0 Å². The molecule has 0 aliphatic carbocycles. The van der Waals surface area contributed by atoms with Crippen molar-refractivity contribution in [3.63, 3.8) is 0 Å². The molecular formula is C14H18N2O3. The zero-order valence-electron chi connectivity index (χ0n) is 10.8. The van der Waals surface area contributed by atoms with E-state index in [1.54, 1.807) is 12.1 Å². The third-order valence-electron chi connectivity index (χ3n) is 3.09. The Bertz CT molecular complexity index is 458. The molecule has 0 radical (unpaired) electrons. The molecule has 1 aliphatic heterocycles. The first-order valence-corrected chi connectivity index (χ1v) is 6.49. The van der Waals surface area contributed by atoms with Gasteiger partial charge in [-0.15, -0.1) is 0 Å². The van der Waals surface area contributed by atoms with E-state index in [1.165, 1.54) is 4.90 Å². The van der Waals surface area contributed by atoms with E-state index >= 15 is 0 Å². The molecule has 5 heteroatoms. The van der Waals surface area contributed by atoms with Gasteiger partial charge in [0, 0.05) is 19.4 Å². The summed E-state index contributed by atoms with van der Waals surface area (Å²) in [5.74, 6) is 0.491. The van der Waals surface area contributed by atoms with Crippen molar-refractivity contribution in [1.82, 2.24) is 4.90 Å². The van der Waals surface area contributed by atoms with Gasteiger partial charge < -0.3 is 10.5 Å². The Hall–Kier alpha value is -2.04. The fraction of sp³-hybridized carbons (Fsp3) is 0.429. The molecule has 0 atom stereocenters. The molecule has 5 nitrogen and oxygen atoms in total. The van der Waals surface area contributed by atoms with Crippen molar-refractivity contribution in [3.8, 4) is 5.75 Å². The van der Waals surface area contributed by atoms with E-state index in [1.807, 2.05) is 12.1 Å². The predicted molar refractivity (Wildman–Crippen MR) is 71.5 cm³/mol. The molecule has 2 rings (SSSR count). The number of anilines is 1. The summed E-state index contributed by atoms with van der Waals surface area (Å²) in [6.45, 7) is 0.857. The highest BCUT2D eigenvalue weighted by Gasteiger charge is 2.24. The van der Waals surface area contributed by atoms with Crippen LogP contribution in [-0.2, 0) is 9.59 Å². The first-order valence-electron chi connectivity index (χ1n) is 6.49. The third-order valence-corrected chi connectivity index (χ3v) is 3.09. The number of imide groups is 1. The first kappa shape index (κ1) is 13.4. The number of nitrogens with zero attached hydrogens (tertiary/aromatic N) is 1. The molecule has 0 bridgehead atoms. The summed E-state index contributed by atoms with van der Waals surface area (Å²) in [6.07, 6.45) is 2.23. The number of para-hydroxylation sites is 2. The average molecular weight is 262 g/mol. The Kier molecular flexibility index (Phi) is 4.39. The lowest BCUT2D eigenvalue weighted by Gasteiger charge is -2.24. The van der Waals surface area contributed by atoms with Crippen LogP contribution in [0.4, 0.5) is 5.69 Å². The zero-order valence-corrected chi connectivity index (χ0v) is 10.8. The summed E-state index contributed by atoms with van der Waals surface area (Å²) >= 11 is 0. The number of nitrogen functional groups attached to an aromatic ring is 1. The van der Waals surface area contributed by atoms with Gasteiger partial charge in [0.25, 0.3) is 0 Å². The minimum atomic E-state index is -0.0736. The van der Waals surface area contributed by atoms with Gasteiger partial charge in [-0.3, -0.25) is 14.5 Å². The highest BCUT2D eigenvalue weighted by Crippen LogP contribution is 2.20. The Morgan fingerprint density at radius 3 is 2.53 bits per heavy atom. The molecule has 19 heavy (non-hydrogen) atoms. The maximum absolute atomic E-state index is 11.6. The molecule has 0 saturated carbocycles. The van der Waals surface area contributed by atoms with E-state index < -0.39 is 0 Å². The summed E-state index contributed by atoms with van der Waals surface area (Å²) < 4.78 is 5.52. The Morgan fingerprint density at radius 1 is 1.16 bits per heavy atom. The van der Waals surface area contributed by atoms with E-state index in [2.05, 4.69) is 0 Å². The quantitative estimate of drug-likeness (QED) is 0.496. The van der Waals surface area contributed by atoms with E-state index in [9.17, 15) is 9.59 Å². The Labute approximate surface area is 112 Å². The second kappa shape index (κ2) is 6.22. The van der Waals surface area contributed by atoms with E-state index in [0.717, 1.165) is 0 Å². The molecule has 0 unspecified atom stereocenters. The number of benzene rings is 1. The van der Waals surface area contributed by atoms with Gasteiger partial charge in [0.15, 0.2) is 0 Å². The summed E-state index contributed by atoms with van der Waals surface area (Å²) in [5, 5.41) is 0. The van der Waals surface area contributed by atoms with Gasteiger partial charge in [-0.1, -0.05) is 12.1 Å². The molecule has 2 N–H and O–H groups in total. The predicted octanol–water partition coefficient (Wildman–Crippen LogP) is 1.58. The third kappa shape index (κ3) is 3.47. The fourth-order valence-corrected chi connectivity index (χ4v) is 2.07. The van der Waals surface area contributed by atoms with Gasteiger partial charge >= 0.3 is 0 Å². The van der Waals surface area contributed by atoms with Crippen LogP contribution in [0.1, 0.15) is 25.7 Å². The smallest absolute Gasteiger partial charge is 0.229 e. The number of piperidine rings is 1. The molecule has 0 aromatic heterocycles. The lowest BCUT2D eigenvalue weighted by atomic mass is 10.1. The largest absolute Gasteiger partial charge is 0.491 e. The van der Waals surface area contributed by atoms with Crippen LogP contribution >= 0.6 is 0 Å². The first-order chi connectivity index (χ1) is 9.18. The Morgan fingerprint density at radius 2 is 1.84 bits per heavy atom. The number of carbonyl (C=O) groups is 2. The molecule has 1 aliphatic rings. The molecule has 1 saturated heterocycles. The molecule has 1 aromatic rings. The fourth-order valence-electron chi connectivity index (χ4n) is 2.07. The minimum Gasteiger partial charge on any atom is -0.491 e.